The monoisotopic (exact) mass is 312 g/mol. The molecule has 0 spiro atoms. The zero-order valence-corrected chi connectivity index (χ0v) is 10.9. The zero-order valence-electron chi connectivity index (χ0n) is 8.58. The Balaban J connectivity index is 2.44. The van der Waals surface area contributed by atoms with E-state index in [1.165, 1.54) is 12.1 Å². The topological polar surface area (TPSA) is 17.1 Å². The van der Waals surface area contributed by atoms with Crippen molar-refractivity contribution in [2.75, 3.05) is 0 Å². The van der Waals surface area contributed by atoms with Gasteiger partial charge in [-0.15, -0.1) is 0 Å². The summed E-state index contributed by atoms with van der Waals surface area (Å²) in [5.74, 6) is -1.06. The van der Waals surface area contributed by atoms with E-state index in [1.54, 1.807) is 30.3 Å². The molecule has 0 fully saturated rings. The van der Waals surface area contributed by atoms with E-state index in [0.29, 0.717) is 5.56 Å². The Morgan fingerprint density at radius 1 is 1.12 bits per heavy atom. The Kier molecular flexibility index (Phi) is 3.60. The molecular weight excluding hydrogens is 306 g/mol. The largest absolute Gasteiger partial charge is 0.288 e. The molecular formula is C13H7BrClFO. The third kappa shape index (κ3) is 2.56. The Morgan fingerprint density at radius 3 is 2.41 bits per heavy atom. The first-order chi connectivity index (χ1) is 8.09. The van der Waals surface area contributed by atoms with Crippen LogP contribution in [0.1, 0.15) is 15.9 Å². The van der Waals surface area contributed by atoms with E-state index in [2.05, 4.69) is 15.9 Å². The van der Waals surface area contributed by atoms with Gasteiger partial charge >= 0.3 is 0 Å². The number of carbonyl (C=O) groups is 1. The van der Waals surface area contributed by atoms with Gasteiger partial charge in [-0.3, -0.25) is 4.79 Å². The lowest BCUT2D eigenvalue weighted by molar-refractivity contribution is 0.103. The highest BCUT2D eigenvalue weighted by molar-refractivity contribution is 9.10. The minimum absolute atomic E-state index is 0.0141. The van der Waals surface area contributed by atoms with Crippen LogP contribution < -0.4 is 0 Å². The van der Waals surface area contributed by atoms with E-state index in [0.717, 1.165) is 4.47 Å². The lowest BCUT2D eigenvalue weighted by atomic mass is 10.0. The molecule has 17 heavy (non-hydrogen) atoms. The highest BCUT2D eigenvalue weighted by Gasteiger charge is 2.15. The Hall–Kier alpha value is -1.19. The van der Waals surface area contributed by atoms with Gasteiger partial charge in [-0.25, -0.2) is 4.39 Å². The minimum atomic E-state index is -0.679. The first kappa shape index (κ1) is 12.3. The van der Waals surface area contributed by atoms with Crippen LogP contribution >= 0.6 is 27.5 Å². The van der Waals surface area contributed by atoms with Crippen LogP contribution in [0.5, 0.6) is 0 Å². The van der Waals surface area contributed by atoms with Gasteiger partial charge in [0.15, 0.2) is 11.6 Å². The van der Waals surface area contributed by atoms with Crippen molar-refractivity contribution < 1.29 is 9.18 Å². The molecule has 4 heteroatoms. The van der Waals surface area contributed by atoms with E-state index in [4.69, 9.17) is 11.6 Å². The number of rotatable bonds is 2. The molecule has 0 radical (unpaired) electrons. The first-order valence-corrected chi connectivity index (χ1v) is 6.01. The van der Waals surface area contributed by atoms with Crippen molar-refractivity contribution in [2.45, 2.75) is 0 Å². The summed E-state index contributed by atoms with van der Waals surface area (Å²) in [6, 6.07) is 11.1. The third-order valence-corrected chi connectivity index (χ3v) is 3.12. The average Bonchev–Trinajstić information content (AvgIpc) is 2.33. The standard InChI is InChI=1S/C13H7BrClFO/c14-9-6-4-8(5-7-9)13(17)10-2-1-3-11(15)12(10)16/h1-7H. The van der Waals surface area contributed by atoms with Crippen LogP contribution in [0.3, 0.4) is 0 Å². The average molecular weight is 314 g/mol. The fourth-order valence-electron chi connectivity index (χ4n) is 1.44. The van der Waals surface area contributed by atoms with Crippen molar-refractivity contribution >= 4 is 33.3 Å². The molecule has 0 atom stereocenters. The maximum absolute atomic E-state index is 13.7. The summed E-state index contributed by atoms with van der Waals surface area (Å²) in [5.41, 5.74) is 0.411. The maximum Gasteiger partial charge on any atom is 0.196 e. The van der Waals surface area contributed by atoms with Crippen molar-refractivity contribution in [1.82, 2.24) is 0 Å². The van der Waals surface area contributed by atoms with Crippen LogP contribution in [0.15, 0.2) is 46.9 Å². The van der Waals surface area contributed by atoms with Gasteiger partial charge in [-0.1, -0.05) is 33.6 Å². The minimum Gasteiger partial charge on any atom is -0.288 e. The second-order valence-electron chi connectivity index (χ2n) is 3.44. The fourth-order valence-corrected chi connectivity index (χ4v) is 1.87. The number of carbonyl (C=O) groups excluding carboxylic acids is 1. The highest BCUT2D eigenvalue weighted by atomic mass is 79.9. The predicted molar refractivity (Wildman–Crippen MR) is 69.0 cm³/mol. The van der Waals surface area contributed by atoms with E-state index < -0.39 is 5.82 Å². The van der Waals surface area contributed by atoms with Crippen molar-refractivity contribution in [1.29, 1.82) is 0 Å². The molecule has 0 saturated carbocycles. The zero-order chi connectivity index (χ0) is 12.4. The molecule has 0 bridgehead atoms. The first-order valence-electron chi connectivity index (χ1n) is 4.84. The lowest BCUT2D eigenvalue weighted by Crippen LogP contribution is -2.04. The Morgan fingerprint density at radius 2 is 1.76 bits per heavy atom. The quantitative estimate of drug-likeness (QED) is 0.748. The maximum atomic E-state index is 13.7. The van der Waals surface area contributed by atoms with E-state index in [1.807, 2.05) is 0 Å². The van der Waals surface area contributed by atoms with Gasteiger partial charge in [0.2, 0.25) is 0 Å². The van der Waals surface area contributed by atoms with Crippen molar-refractivity contribution in [3.8, 4) is 0 Å². The molecule has 2 aromatic carbocycles. The van der Waals surface area contributed by atoms with Crippen LogP contribution in [0.2, 0.25) is 5.02 Å². The SMILES string of the molecule is O=C(c1ccc(Br)cc1)c1cccc(Cl)c1F. The second kappa shape index (κ2) is 4.98. The van der Waals surface area contributed by atoms with Crippen molar-refractivity contribution in [3.05, 3.63) is 68.9 Å². The van der Waals surface area contributed by atoms with Crippen molar-refractivity contribution in [3.63, 3.8) is 0 Å². The molecule has 86 valence electrons. The number of halogens is 3. The van der Waals surface area contributed by atoms with E-state index in [-0.39, 0.29) is 16.4 Å². The lowest BCUT2D eigenvalue weighted by Gasteiger charge is -2.04. The molecule has 0 aliphatic rings. The van der Waals surface area contributed by atoms with Crippen LogP contribution in [-0.4, -0.2) is 5.78 Å². The second-order valence-corrected chi connectivity index (χ2v) is 4.76. The molecule has 0 aromatic heterocycles. The number of hydrogen-bond acceptors (Lipinski definition) is 1. The molecule has 2 rings (SSSR count). The molecule has 0 unspecified atom stereocenters. The van der Waals surface area contributed by atoms with Gasteiger partial charge in [0, 0.05) is 10.0 Å². The summed E-state index contributed by atoms with van der Waals surface area (Å²) in [6.07, 6.45) is 0. The van der Waals surface area contributed by atoms with Crippen LogP contribution in [-0.2, 0) is 0 Å². The molecule has 2 aromatic rings. The highest BCUT2D eigenvalue weighted by Crippen LogP contribution is 2.21. The normalized spacial score (nSPS) is 10.3. The summed E-state index contributed by atoms with van der Waals surface area (Å²) in [7, 11) is 0. The van der Waals surface area contributed by atoms with Crippen LogP contribution in [0.25, 0.3) is 0 Å². The third-order valence-electron chi connectivity index (χ3n) is 2.30. The molecule has 0 heterocycles. The predicted octanol–water partition coefficient (Wildman–Crippen LogP) is 4.47. The number of benzene rings is 2. The Labute approximate surface area is 111 Å². The number of hydrogen-bond donors (Lipinski definition) is 0. The molecule has 0 N–H and O–H groups in total. The molecule has 0 amide bonds. The van der Waals surface area contributed by atoms with Crippen LogP contribution in [0.4, 0.5) is 4.39 Å². The van der Waals surface area contributed by atoms with Gasteiger partial charge in [0.25, 0.3) is 0 Å². The summed E-state index contributed by atoms with van der Waals surface area (Å²) in [6.45, 7) is 0. The van der Waals surface area contributed by atoms with E-state index >= 15 is 0 Å². The van der Waals surface area contributed by atoms with Gasteiger partial charge < -0.3 is 0 Å². The van der Waals surface area contributed by atoms with Gasteiger partial charge in [-0.05, 0) is 36.4 Å². The summed E-state index contributed by atoms with van der Waals surface area (Å²) >= 11 is 8.91. The molecule has 0 aliphatic heterocycles. The number of ketones is 1. The van der Waals surface area contributed by atoms with Crippen LogP contribution in [0, 0.1) is 5.82 Å². The van der Waals surface area contributed by atoms with Gasteiger partial charge in [-0.2, -0.15) is 0 Å². The van der Waals surface area contributed by atoms with Gasteiger partial charge in [0.05, 0.1) is 10.6 Å². The fraction of sp³-hybridized carbons (Fsp3) is 0. The summed E-state index contributed by atoms with van der Waals surface area (Å²) in [4.78, 5) is 12.0. The van der Waals surface area contributed by atoms with Crippen molar-refractivity contribution in [2.24, 2.45) is 0 Å². The molecule has 0 aliphatic carbocycles. The summed E-state index contributed by atoms with van der Waals surface area (Å²) in [5, 5.41) is -0.0482. The van der Waals surface area contributed by atoms with Gasteiger partial charge in [0.1, 0.15) is 0 Å². The van der Waals surface area contributed by atoms with E-state index in [9.17, 15) is 9.18 Å². The summed E-state index contributed by atoms with van der Waals surface area (Å²) < 4.78 is 14.5. The Bertz CT molecular complexity index is 566. The molecule has 0 saturated heterocycles. The smallest absolute Gasteiger partial charge is 0.196 e. The molecule has 1 nitrogen and oxygen atoms in total.